The normalized spacial score (nSPS) is 14.2. The van der Waals surface area contributed by atoms with Gasteiger partial charge in [-0.25, -0.2) is 4.98 Å². The number of ketones is 1. The van der Waals surface area contributed by atoms with Crippen LogP contribution in [0.3, 0.4) is 0 Å². The average Bonchev–Trinajstić information content (AvgIpc) is 2.63. The van der Waals surface area contributed by atoms with Crippen LogP contribution in [0.5, 0.6) is 0 Å². The molecule has 1 heterocycles. The van der Waals surface area contributed by atoms with Gasteiger partial charge >= 0.3 is 17.6 Å². The van der Waals surface area contributed by atoms with Gasteiger partial charge in [0.1, 0.15) is 17.6 Å². The van der Waals surface area contributed by atoms with E-state index in [-0.39, 0.29) is 18.1 Å². The van der Waals surface area contributed by atoms with E-state index in [0.29, 0.717) is 0 Å². The largest absolute Gasteiger partial charge is 0.469 e. The van der Waals surface area contributed by atoms with Gasteiger partial charge in [0.05, 0.1) is 24.7 Å². The van der Waals surface area contributed by atoms with Gasteiger partial charge in [-0.15, -0.1) is 5.11 Å². The molecule has 0 fully saturated rings. The van der Waals surface area contributed by atoms with Crippen LogP contribution in [0.1, 0.15) is 20.8 Å². The lowest BCUT2D eigenvalue weighted by molar-refractivity contribution is -0.384. The van der Waals surface area contributed by atoms with Crippen molar-refractivity contribution in [2.75, 3.05) is 13.7 Å². The number of esters is 2. The van der Waals surface area contributed by atoms with Crippen LogP contribution in [0, 0.1) is 22.0 Å². The Labute approximate surface area is 154 Å². The summed E-state index contributed by atoms with van der Waals surface area (Å²) in [4.78, 5) is 50.4. The Morgan fingerprint density at radius 1 is 1.33 bits per heavy atom. The molecule has 0 bridgehead atoms. The Balaban J connectivity index is 3.24. The van der Waals surface area contributed by atoms with Gasteiger partial charge < -0.3 is 9.47 Å². The first-order valence-electron chi connectivity index (χ1n) is 7.99. The number of ether oxygens (including phenoxy) is 2. The van der Waals surface area contributed by atoms with Crippen molar-refractivity contribution in [1.29, 1.82) is 0 Å². The van der Waals surface area contributed by atoms with Gasteiger partial charge in [0, 0.05) is 12.3 Å². The second-order valence-electron chi connectivity index (χ2n) is 5.45. The highest BCUT2D eigenvalue weighted by atomic mass is 16.6. The van der Waals surface area contributed by atoms with Gasteiger partial charge in [-0.1, -0.05) is 0 Å². The van der Waals surface area contributed by atoms with Crippen molar-refractivity contribution in [3.63, 3.8) is 0 Å². The fraction of sp³-hybridized carbons (Fsp3) is 0.500. The van der Waals surface area contributed by atoms with Gasteiger partial charge in [0.15, 0.2) is 0 Å². The number of nitrogens with zero attached hydrogens (tertiary/aromatic N) is 4. The summed E-state index contributed by atoms with van der Waals surface area (Å²) in [5.41, 5.74) is -0.378. The fourth-order valence-corrected chi connectivity index (χ4v) is 2.37. The molecule has 1 aromatic heterocycles. The number of Topliss-reactive ketones (excluding diaryl/α,β-unsaturated/α-hetero) is 1. The van der Waals surface area contributed by atoms with E-state index in [0.717, 1.165) is 14.0 Å². The van der Waals surface area contributed by atoms with Gasteiger partial charge in [-0.2, -0.15) is 5.11 Å². The van der Waals surface area contributed by atoms with Gasteiger partial charge in [0.2, 0.25) is 0 Å². The molecule has 0 amide bonds. The summed E-state index contributed by atoms with van der Waals surface area (Å²) in [5, 5.41) is 18.6. The molecule has 0 aromatic carbocycles. The zero-order valence-corrected chi connectivity index (χ0v) is 15.3. The van der Waals surface area contributed by atoms with Crippen molar-refractivity contribution >= 4 is 29.2 Å². The highest BCUT2D eigenvalue weighted by Crippen LogP contribution is 2.27. The Bertz CT molecular complexity index is 750. The molecule has 11 heteroatoms. The third-order valence-electron chi connectivity index (χ3n) is 3.63. The predicted octanol–water partition coefficient (Wildman–Crippen LogP) is 2.02. The maximum Gasteiger partial charge on any atom is 0.317 e. The molecule has 0 spiro atoms. The fourth-order valence-electron chi connectivity index (χ4n) is 2.37. The highest BCUT2D eigenvalue weighted by molar-refractivity contribution is 6.01. The van der Waals surface area contributed by atoms with Gasteiger partial charge in [-0.05, 0) is 26.8 Å². The number of azo groups is 1. The minimum atomic E-state index is -1.44. The zero-order valence-electron chi connectivity index (χ0n) is 15.3. The molecule has 0 N–H and O–H groups in total. The van der Waals surface area contributed by atoms with Crippen molar-refractivity contribution in [2.45, 2.75) is 26.8 Å². The Kier molecular flexibility index (Phi) is 8.11. The smallest absolute Gasteiger partial charge is 0.317 e. The zero-order chi connectivity index (χ0) is 20.6. The molecule has 0 aliphatic rings. The van der Waals surface area contributed by atoms with E-state index in [2.05, 4.69) is 19.9 Å². The van der Waals surface area contributed by atoms with E-state index in [1.807, 2.05) is 0 Å². The van der Waals surface area contributed by atoms with Crippen molar-refractivity contribution in [1.82, 2.24) is 4.98 Å². The molecule has 0 aliphatic heterocycles. The van der Waals surface area contributed by atoms with Crippen molar-refractivity contribution < 1.29 is 28.8 Å². The number of methoxy groups -OCH3 is 1. The van der Waals surface area contributed by atoms with Crippen LogP contribution in [-0.2, 0) is 23.9 Å². The van der Waals surface area contributed by atoms with Crippen LogP contribution in [-0.4, -0.2) is 47.4 Å². The average molecular weight is 380 g/mol. The monoisotopic (exact) mass is 380 g/mol. The van der Waals surface area contributed by atoms with E-state index in [1.54, 1.807) is 6.92 Å². The molecular formula is C16H20N4O7. The lowest BCUT2D eigenvalue weighted by atomic mass is 9.84. The third-order valence-corrected chi connectivity index (χ3v) is 3.63. The minimum absolute atomic E-state index is 0.0204. The Morgan fingerprint density at radius 3 is 2.52 bits per heavy atom. The van der Waals surface area contributed by atoms with Crippen LogP contribution in [0.4, 0.5) is 11.5 Å². The van der Waals surface area contributed by atoms with Crippen LogP contribution >= 0.6 is 0 Å². The van der Waals surface area contributed by atoms with Gasteiger partial charge in [-0.3, -0.25) is 24.5 Å². The lowest BCUT2D eigenvalue weighted by Crippen LogP contribution is -2.41. The summed E-state index contributed by atoms with van der Waals surface area (Å²) in [6.45, 7) is 4.15. The number of aromatic nitrogens is 1. The highest BCUT2D eigenvalue weighted by Gasteiger charge is 2.43. The van der Waals surface area contributed by atoms with Gasteiger partial charge in [0.25, 0.3) is 5.82 Å². The molecule has 0 saturated carbocycles. The summed E-state index contributed by atoms with van der Waals surface area (Å²) in [7, 11) is 1.10. The van der Waals surface area contributed by atoms with E-state index in [1.165, 1.54) is 25.3 Å². The van der Waals surface area contributed by atoms with E-state index < -0.39 is 40.5 Å². The number of carbonyl (C=O) groups excluding carboxylic acids is 3. The van der Waals surface area contributed by atoms with E-state index in [9.17, 15) is 24.5 Å². The van der Waals surface area contributed by atoms with Crippen LogP contribution in [0.25, 0.3) is 0 Å². The quantitative estimate of drug-likeness (QED) is 0.207. The number of hydrogen-bond acceptors (Lipinski definition) is 10. The maximum atomic E-state index is 12.2. The van der Waals surface area contributed by atoms with Crippen molar-refractivity contribution in [2.24, 2.45) is 22.1 Å². The summed E-state index contributed by atoms with van der Waals surface area (Å²) in [6, 6.07) is 1.54. The second-order valence-corrected chi connectivity index (χ2v) is 5.45. The van der Waals surface area contributed by atoms with Crippen LogP contribution < -0.4 is 0 Å². The Morgan fingerprint density at radius 2 is 2.00 bits per heavy atom. The number of rotatable bonds is 9. The number of hydrogen-bond donors (Lipinski definition) is 0. The Hall–Kier alpha value is -3.24. The minimum Gasteiger partial charge on any atom is -0.469 e. The molecule has 3 unspecified atom stereocenters. The van der Waals surface area contributed by atoms with E-state index in [4.69, 9.17) is 4.74 Å². The molecule has 1 rings (SSSR count). The molecule has 0 saturated heterocycles. The maximum absolute atomic E-state index is 12.2. The first-order chi connectivity index (χ1) is 12.7. The predicted molar refractivity (Wildman–Crippen MR) is 91.2 cm³/mol. The standard InChI is InChI=1S/C16H20N4O7/c1-5-27-16(23)13(10(3)21)12(15(22)26-4)9(2)18-19-14-11(20(24)25)7-6-8-17-14/h6-9,12-13H,5H2,1-4H3. The topological polar surface area (TPSA) is 150 Å². The van der Waals surface area contributed by atoms with Crippen molar-refractivity contribution in [3.05, 3.63) is 28.4 Å². The van der Waals surface area contributed by atoms with Crippen LogP contribution in [0.2, 0.25) is 0 Å². The molecule has 0 aliphatic carbocycles. The summed E-state index contributed by atoms with van der Waals surface area (Å²) in [5.74, 6) is -5.36. The number of carbonyl (C=O) groups is 3. The summed E-state index contributed by atoms with van der Waals surface area (Å²) >= 11 is 0. The molecule has 3 atom stereocenters. The molecular weight excluding hydrogens is 360 g/mol. The molecule has 0 radical (unpaired) electrons. The molecule has 27 heavy (non-hydrogen) atoms. The third kappa shape index (κ3) is 5.62. The molecule has 1 aromatic rings. The van der Waals surface area contributed by atoms with Crippen LogP contribution in [0.15, 0.2) is 28.6 Å². The number of nitro groups is 1. The first kappa shape index (κ1) is 21.8. The molecule has 146 valence electrons. The molecule has 11 nitrogen and oxygen atoms in total. The summed E-state index contributed by atoms with van der Waals surface area (Å²) in [6.07, 6.45) is 1.29. The number of pyridine rings is 1. The first-order valence-corrected chi connectivity index (χ1v) is 7.99. The summed E-state index contributed by atoms with van der Waals surface area (Å²) < 4.78 is 9.55. The SMILES string of the molecule is CCOC(=O)C(C(C)=O)C(C(=O)OC)C(C)N=Nc1ncccc1[N+](=O)[O-]. The lowest BCUT2D eigenvalue weighted by Gasteiger charge is -2.23. The van der Waals surface area contributed by atoms with Crippen molar-refractivity contribution in [3.8, 4) is 0 Å². The van der Waals surface area contributed by atoms with E-state index >= 15 is 0 Å². The second kappa shape index (κ2) is 10.0.